The van der Waals surface area contributed by atoms with Gasteiger partial charge in [0.1, 0.15) is 0 Å². The summed E-state index contributed by atoms with van der Waals surface area (Å²) in [6.45, 7) is 7.05. The number of rotatable bonds is 4. The number of carbonyl (C=O) groups is 3. The van der Waals surface area contributed by atoms with E-state index in [1.165, 1.54) is 38.5 Å². The summed E-state index contributed by atoms with van der Waals surface area (Å²) in [5.41, 5.74) is 0.281. The first-order valence-electron chi connectivity index (χ1n) is 12.2. The van der Waals surface area contributed by atoms with E-state index >= 15 is 0 Å². The van der Waals surface area contributed by atoms with Crippen molar-refractivity contribution in [3.8, 4) is 0 Å². The lowest BCUT2D eigenvalue weighted by molar-refractivity contribution is -0.146. The average Bonchev–Trinajstić information content (AvgIpc) is 3.08. The molecule has 30 heavy (non-hydrogen) atoms. The predicted octanol–water partition coefficient (Wildman–Crippen LogP) is 2.52. The Bertz CT molecular complexity index is 690. The van der Waals surface area contributed by atoms with E-state index in [1.54, 1.807) is 0 Å². The Morgan fingerprint density at radius 3 is 1.97 bits per heavy atom. The molecule has 4 aliphatic carbocycles. The highest BCUT2D eigenvalue weighted by atomic mass is 16.2. The standard InChI is InChI=1S/C24H37N3O3/c1-16(2)27-15-20(10-21(27)28)23(30)26-5-3-25(4-6-26)22(29)14-24-11-17-7-18(12-24)9-19(8-17)13-24/h16-20H,3-15H2,1-2H3. The summed E-state index contributed by atoms with van der Waals surface area (Å²) in [4.78, 5) is 43.9. The number of amides is 3. The molecule has 6 nitrogen and oxygen atoms in total. The van der Waals surface area contributed by atoms with Crippen molar-refractivity contribution in [3.05, 3.63) is 0 Å². The fourth-order valence-corrected chi connectivity index (χ4v) is 7.77. The topological polar surface area (TPSA) is 60.9 Å². The van der Waals surface area contributed by atoms with Crippen LogP contribution < -0.4 is 0 Å². The van der Waals surface area contributed by atoms with E-state index in [-0.39, 0.29) is 29.2 Å². The smallest absolute Gasteiger partial charge is 0.228 e. The molecule has 3 amide bonds. The third kappa shape index (κ3) is 3.64. The van der Waals surface area contributed by atoms with Crippen LogP contribution in [0.25, 0.3) is 0 Å². The molecule has 1 atom stereocenters. The Morgan fingerprint density at radius 1 is 0.933 bits per heavy atom. The molecule has 6 fully saturated rings. The summed E-state index contributed by atoms with van der Waals surface area (Å²) >= 11 is 0. The van der Waals surface area contributed by atoms with Gasteiger partial charge in [-0.25, -0.2) is 0 Å². The fraction of sp³-hybridized carbons (Fsp3) is 0.875. The van der Waals surface area contributed by atoms with Crippen molar-refractivity contribution in [1.82, 2.24) is 14.7 Å². The highest BCUT2D eigenvalue weighted by molar-refractivity contribution is 5.89. The molecule has 0 aromatic heterocycles. The van der Waals surface area contributed by atoms with Crippen LogP contribution in [0.2, 0.25) is 0 Å². The summed E-state index contributed by atoms with van der Waals surface area (Å²) in [6, 6.07) is 0.148. The largest absolute Gasteiger partial charge is 0.339 e. The lowest BCUT2D eigenvalue weighted by atomic mass is 9.49. The number of likely N-dealkylation sites (tertiary alicyclic amines) is 1. The first-order valence-corrected chi connectivity index (χ1v) is 12.2. The van der Waals surface area contributed by atoms with E-state index in [2.05, 4.69) is 0 Å². The van der Waals surface area contributed by atoms with Gasteiger partial charge in [-0.05, 0) is 75.5 Å². The first-order chi connectivity index (χ1) is 14.3. The molecular weight excluding hydrogens is 378 g/mol. The second-order valence-corrected chi connectivity index (χ2v) is 11.3. The number of piperazine rings is 1. The molecule has 2 saturated heterocycles. The zero-order valence-corrected chi connectivity index (χ0v) is 18.6. The Balaban J connectivity index is 1.13. The molecule has 1 unspecified atom stereocenters. The Labute approximate surface area is 180 Å². The van der Waals surface area contributed by atoms with Crippen LogP contribution >= 0.6 is 0 Å². The minimum atomic E-state index is -0.214. The molecule has 4 bridgehead atoms. The molecule has 2 aliphatic heterocycles. The Hall–Kier alpha value is -1.59. The van der Waals surface area contributed by atoms with Crippen LogP contribution in [0.5, 0.6) is 0 Å². The molecule has 6 rings (SSSR count). The van der Waals surface area contributed by atoms with Crippen LogP contribution in [0.15, 0.2) is 0 Å². The van der Waals surface area contributed by atoms with Crippen LogP contribution in [0.4, 0.5) is 0 Å². The average molecular weight is 416 g/mol. The van der Waals surface area contributed by atoms with Gasteiger partial charge in [-0.3, -0.25) is 14.4 Å². The molecule has 2 heterocycles. The van der Waals surface area contributed by atoms with Crippen molar-refractivity contribution in [2.24, 2.45) is 29.1 Å². The minimum Gasteiger partial charge on any atom is -0.339 e. The summed E-state index contributed by atoms with van der Waals surface area (Å²) < 4.78 is 0. The molecule has 0 spiro atoms. The fourth-order valence-electron chi connectivity index (χ4n) is 7.77. The van der Waals surface area contributed by atoms with E-state index in [0.717, 1.165) is 24.2 Å². The maximum Gasteiger partial charge on any atom is 0.228 e. The van der Waals surface area contributed by atoms with Crippen LogP contribution in [0.3, 0.4) is 0 Å². The quantitative estimate of drug-likeness (QED) is 0.709. The molecule has 166 valence electrons. The van der Waals surface area contributed by atoms with E-state index in [1.807, 2.05) is 28.5 Å². The monoisotopic (exact) mass is 415 g/mol. The van der Waals surface area contributed by atoms with Gasteiger partial charge in [-0.2, -0.15) is 0 Å². The third-order valence-corrected chi connectivity index (χ3v) is 8.77. The van der Waals surface area contributed by atoms with E-state index in [4.69, 9.17) is 0 Å². The highest BCUT2D eigenvalue weighted by Gasteiger charge is 2.52. The predicted molar refractivity (Wildman–Crippen MR) is 113 cm³/mol. The zero-order valence-electron chi connectivity index (χ0n) is 18.6. The molecule has 6 heteroatoms. The number of carbonyl (C=O) groups excluding carboxylic acids is 3. The van der Waals surface area contributed by atoms with Gasteiger partial charge in [0.25, 0.3) is 0 Å². The lowest BCUT2D eigenvalue weighted by Gasteiger charge is -2.57. The summed E-state index contributed by atoms with van der Waals surface area (Å²) in [6.07, 6.45) is 9.10. The number of hydrogen-bond acceptors (Lipinski definition) is 3. The van der Waals surface area contributed by atoms with Gasteiger partial charge >= 0.3 is 0 Å². The Kier molecular flexibility index (Phi) is 5.10. The van der Waals surface area contributed by atoms with Gasteiger partial charge in [-0.15, -0.1) is 0 Å². The Morgan fingerprint density at radius 2 is 1.47 bits per heavy atom. The van der Waals surface area contributed by atoms with Crippen LogP contribution in [-0.2, 0) is 14.4 Å². The molecule has 6 aliphatic rings. The van der Waals surface area contributed by atoms with Crippen molar-refractivity contribution in [2.45, 2.75) is 71.3 Å². The van der Waals surface area contributed by atoms with E-state index in [0.29, 0.717) is 45.1 Å². The maximum absolute atomic E-state index is 13.1. The number of hydrogen-bond donors (Lipinski definition) is 0. The van der Waals surface area contributed by atoms with Gasteiger partial charge in [0, 0.05) is 51.6 Å². The van der Waals surface area contributed by atoms with Crippen molar-refractivity contribution in [2.75, 3.05) is 32.7 Å². The minimum absolute atomic E-state index is 0.0905. The highest BCUT2D eigenvalue weighted by Crippen LogP contribution is 2.61. The van der Waals surface area contributed by atoms with E-state index < -0.39 is 0 Å². The van der Waals surface area contributed by atoms with Crippen molar-refractivity contribution < 1.29 is 14.4 Å². The molecule has 4 saturated carbocycles. The van der Waals surface area contributed by atoms with Gasteiger partial charge in [0.15, 0.2) is 0 Å². The second-order valence-electron chi connectivity index (χ2n) is 11.3. The maximum atomic E-state index is 13.1. The third-order valence-electron chi connectivity index (χ3n) is 8.77. The molecule has 0 aromatic rings. The van der Waals surface area contributed by atoms with Crippen LogP contribution in [0, 0.1) is 29.1 Å². The van der Waals surface area contributed by atoms with Gasteiger partial charge in [0.05, 0.1) is 5.92 Å². The van der Waals surface area contributed by atoms with Gasteiger partial charge < -0.3 is 14.7 Å². The zero-order chi connectivity index (χ0) is 21.0. The van der Waals surface area contributed by atoms with Crippen molar-refractivity contribution in [3.63, 3.8) is 0 Å². The van der Waals surface area contributed by atoms with Crippen LogP contribution in [0.1, 0.15) is 65.2 Å². The van der Waals surface area contributed by atoms with Gasteiger partial charge in [0.2, 0.25) is 17.7 Å². The molecular formula is C24H37N3O3. The molecule has 0 aromatic carbocycles. The van der Waals surface area contributed by atoms with E-state index in [9.17, 15) is 14.4 Å². The second kappa shape index (κ2) is 7.52. The molecule has 0 N–H and O–H groups in total. The SMILES string of the molecule is CC(C)N1CC(C(=O)N2CCN(C(=O)CC34CC5CC(CC(C5)C3)C4)CC2)CC1=O. The first kappa shape index (κ1) is 20.3. The summed E-state index contributed by atoms with van der Waals surface area (Å²) in [5, 5.41) is 0. The van der Waals surface area contributed by atoms with Gasteiger partial charge in [-0.1, -0.05) is 0 Å². The van der Waals surface area contributed by atoms with Crippen molar-refractivity contribution in [1.29, 1.82) is 0 Å². The lowest BCUT2D eigenvalue weighted by Crippen LogP contribution is -2.54. The summed E-state index contributed by atoms with van der Waals surface area (Å²) in [5.74, 6) is 2.90. The molecule has 0 radical (unpaired) electrons. The summed E-state index contributed by atoms with van der Waals surface area (Å²) in [7, 11) is 0. The normalized spacial score (nSPS) is 38.1. The number of nitrogens with zero attached hydrogens (tertiary/aromatic N) is 3. The van der Waals surface area contributed by atoms with Crippen LogP contribution in [-0.4, -0.2) is 71.2 Å². The van der Waals surface area contributed by atoms with Crippen molar-refractivity contribution >= 4 is 17.7 Å².